The highest BCUT2D eigenvalue weighted by atomic mass is 35.5. The number of carbonyl (C=O) groups excluding carboxylic acids is 1. The van der Waals surface area contributed by atoms with Gasteiger partial charge < -0.3 is 10.1 Å². The minimum Gasteiger partial charge on any atom is -0.459 e. The first-order chi connectivity index (χ1) is 12.7. The molecule has 0 saturated carbocycles. The predicted octanol–water partition coefficient (Wildman–Crippen LogP) is 4.52. The third-order valence-electron chi connectivity index (χ3n) is 4.68. The van der Waals surface area contributed by atoms with Gasteiger partial charge >= 0.3 is 5.97 Å². The standard InChI is InChI=1S/C22H18ClNO2/c23-18-11-9-16(10-12-18)20-19-8-4-7-17(19)13-24-21(20)22(25)26-14-15-5-2-1-3-6-15/h1-13,20-21,24H,14H2/t20-,21+/m0/s1. The Morgan fingerprint density at radius 3 is 2.62 bits per heavy atom. The Kier molecular flexibility index (Phi) is 4.63. The van der Waals surface area contributed by atoms with Crippen molar-refractivity contribution < 1.29 is 9.53 Å². The smallest absolute Gasteiger partial charge is 0.329 e. The van der Waals surface area contributed by atoms with Crippen molar-refractivity contribution in [1.82, 2.24) is 5.32 Å². The Hall–Kier alpha value is -2.78. The molecule has 1 aliphatic heterocycles. The SMILES string of the molecule is O=C(OCc1ccccc1)[C@@H]1NC=C2C=CC=C2[C@@H]1c1ccc(Cl)cc1. The van der Waals surface area contributed by atoms with Gasteiger partial charge in [-0.2, -0.15) is 0 Å². The lowest BCUT2D eigenvalue weighted by atomic mass is 9.80. The Labute approximate surface area is 157 Å². The summed E-state index contributed by atoms with van der Waals surface area (Å²) in [5.74, 6) is -0.387. The van der Waals surface area contributed by atoms with E-state index in [0.717, 1.165) is 22.3 Å². The molecule has 1 aliphatic carbocycles. The van der Waals surface area contributed by atoms with E-state index in [1.54, 1.807) is 0 Å². The van der Waals surface area contributed by atoms with Crippen molar-refractivity contribution in [3.63, 3.8) is 0 Å². The molecule has 2 aliphatic rings. The topological polar surface area (TPSA) is 38.3 Å². The van der Waals surface area contributed by atoms with Gasteiger partial charge in [-0.05, 0) is 34.4 Å². The lowest BCUT2D eigenvalue weighted by molar-refractivity contribution is -0.147. The maximum Gasteiger partial charge on any atom is 0.329 e. The average Bonchev–Trinajstić information content (AvgIpc) is 3.16. The van der Waals surface area contributed by atoms with Crippen LogP contribution in [-0.4, -0.2) is 12.0 Å². The van der Waals surface area contributed by atoms with Crippen molar-refractivity contribution in [2.75, 3.05) is 0 Å². The number of ether oxygens (including phenoxy) is 1. The van der Waals surface area contributed by atoms with Crippen LogP contribution in [0.4, 0.5) is 0 Å². The fourth-order valence-electron chi connectivity index (χ4n) is 3.38. The highest BCUT2D eigenvalue weighted by Gasteiger charge is 2.37. The normalized spacial score (nSPS) is 20.7. The summed E-state index contributed by atoms with van der Waals surface area (Å²) in [7, 11) is 0. The highest BCUT2D eigenvalue weighted by molar-refractivity contribution is 6.30. The van der Waals surface area contributed by atoms with Crippen LogP contribution in [0.5, 0.6) is 0 Å². The van der Waals surface area contributed by atoms with E-state index in [1.165, 1.54) is 0 Å². The molecule has 1 heterocycles. The van der Waals surface area contributed by atoms with E-state index in [9.17, 15) is 4.79 Å². The molecule has 2 atom stereocenters. The van der Waals surface area contributed by atoms with Crippen molar-refractivity contribution in [3.05, 3.63) is 106 Å². The number of esters is 1. The molecule has 2 aromatic rings. The molecule has 0 saturated heterocycles. The van der Waals surface area contributed by atoms with Gasteiger partial charge in [0.25, 0.3) is 0 Å². The summed E-state index contributed by atoms with van der Waals surface area (Å²) < 4.78 is 5.59. The number of nitrogens with one attached hydrogen (secondary N) is 1. The van der Waals surface area contributed by atoms with Gasteiger partial charge in [-0.25, -0.2) is 4.79 Å². The third kappa shape index (κ3) is 3.31. The Bertz CT molecular complexity index is 897. The van der Waals surface area contributed by atoms with E-state index in [-0.39, 0.29) is 18.5 Å². The van der Waals surface area contributed by atoms with E-state index in [0.29, 0.717) is 5.02 Å². The fraction of sp³-hybridized carbons (Fsp3) is 0.136. The first kappa shape index (κ1) is 16.7. The molecule has 0 radical (unpaired) electrons. The zero-order chi connectivity index (χ0) is 17.9. The van der Waals surface area contributed by atoms with Gasteiger partial charge in [0.05, 0.1) is 0 Å². The molecule has 26 heavy (non-hydrogen) atoms. The van der Waals surface area contributed by atoms with Crippen LogP contribution in [0.3, 0.4) is 0 Å². The molecule has 4 rings (SSSR count). The number of carbonyl (C=O) groups is 1. The third-order valence-corrected chi connectivity index (χ3v) is 4.93. The predicted molar refractivity (Wildman–Crippen MR) is 103 cm³/mol. The number of allylic oxidation sites excluding steroid dienone is 4. The van der Waals surface area contributed by atoms with Gasteiger partial charge in [-0.3, -0.25) is 0 Å². The molecule has 0 spiro atoms. The second-order valence-corrected chi connectivity index (χ2v) is 6.78. The van der Waals surface area contributed by atoms with Crippen molar-refractivity contribution >= 4 is 17.6 Å². The quantitative estimate of drug-likeness (QED) is 0.812. The molecular weight excluding hydrogens is 346 g/mol. The van der Waals surface area contributed by atoms with Gasteiger partial charge in [0.1, 0.15) is 12.6 Å². The number of benzene rings is 2. The van der Waals surface area contributed by atoms with Crippen LogP contribution < -0.4 is 5.32 Å². The molecule has 4 heteroatoms. The second kappa shape index (κ2) is 7.22. The summed E-state index contributed by atoms with van der Waals surface area (Å²) in [6.07, 6.45) is 7.99. The maximum absolute atomic E-state index is 12.8. The molecule has 0 bridgehead atoms. The van der Waals surface area contributed by atoms with Gasteiger partial charge in [-0.1, -0.05) is 72.3 Å². The van der Waals surface area contributed by atoms with Crippen LogP contribution in [0.1, 0.15) is 17.0 Å². The molecule has 130 valence electrons. The van der Waals surface area contributed by atoms with Crippen molar-refractivity contribution in [2.24, 2.45) is 0 Å². The largest absolute Gasteiger partial charge is 0.459 e. The molecule has 1 N–H and O–H groups in total. The summed E-state index contributed by atoms with van der Waals surface area (Å²) in [5, 5.41) is 3.90. The second-order valence-electron chi connectivity index (χ2n) is 6.35. The van der Waals surface area contributed by atoms with Gasteiger partial charge in [0, 0.05) is 17.1 Å². The van der Waals surface area contributed by atoms with E-state index in [4.69, 9.17) is 16.3 Å². The highest BCUT2D eigenvalue weighted by Crippen LogP contribution is 2.39. The average molecular weight is 364 g/mol. The van der Waals surface area contributed by atoms with Crippen LogP contribution in [0, 0.1) is 0 Å². The summed E-state index contributed by atoms with van der Waals surface area (Å²) in [6, 6.07) is 16.9. The molecule has 0 unspecified atom stereocenters. The zero-order valence-electron chi connectivity index (χ0n) is 14.1. The molecule has 3 nitrogen and oxygen atoms in total. The number of halogens is 1. The summed E-state index contributed by atoms with van der Waals surface area (Å²) >= 11 is 6.03. The minimum absolute atomic E-state index is 0.120. The Morgan fingerprint density at radius 1 is 1.08 bits per heavy atom. The van der Waals surface area contributed by atoms with Crippen LogP contribution in [0.25, 0.3) is 0 Å². The first-order valence-corrected chi connectivity index (χ1v) is 8.91. The van der Waals surface area contributed by atoms with E-state index in [1.807, 2.05) is 72.9 Å². The lowest BCUT2D eigenvalue weighted by Crippen LogP contribution is -2.43. The first-order valence-electron chi connectivity index (χ1n) is 8.53. The number of fused-ring (bicyclic) bond motifs is 1. The van der Waals surface area contributed by atoms with Crippen LogP contribution in [-0.2, 0) is 16.1 Å². The van der Waals surface area contributed by atoms with Crippen molar-refractivity contribution in [1.29, 1.82) is 0 Å². The summed E-state index contributed by atoms with van der Waals surface area (Å²) in [4.78, 5) is 12.8. The summed E-state index contributed by atoms with van der Waals surface area (Å²) in [5.41, 5.74) is 4.21. The van der Waals surface area contributed by atoms with E-state index in [2.05, 4.69) is 11.4 Å². The van der Waals surface area contributed by atoms with Crippen LogP contribution in [0.2, 0.25) is 5.02 Å². The van der Waals surface area contributed by atoms with E-state index < -0.39 is 6.04 Å². The summed E-state index contributed by atoms with van der Waals surface area (Å²) in [6.45, 7) is 0.263. The van der Waals surface area contributed by atoms with Crippen LogP contribution >= 0.6 is 11.6 Å². The maximum atomic E-state index is 12.8. The van der Waals surface area contributed by atoms with Crippen molar-refractivity contribution in [3.8, 4) is 0 Å². The monoisotopic (exact) mass is 363 g/mol. The molecule has 0 aromatic heterocycles. The van der Waals surface area contributed by atoms with Gasteiger partial charge in [0.2, 0.25) is 0 Å². The number of hydrogen-bond acceptors (Lipinski definition) is 3. The lowest BCUT2D eigenvalue weighted by Gasteiger charge is -2.32. The number of hydrogen-bond donors (Lipinski definition) is 1. The Balaban J connectivity index is 1.58. The minimum atomic E-state index is -0.477. The Morgan fingerprint density at radius 2 is 1.85 bits per heavy atom. The fourth-order valence-corrected chi connectivity index (χ4v) is 3.51. The number of rotatable bonds is 4. The molecule has 2 aromatic carbocycles. The van der Waals surface area contributed by atoms with Crippen LogP contribution in [0.15, 0.2) is 90.2 Å². The zero-order valence-corrected chi connectivity index (χ0v) is 14.8. The molecule has 0 fully saturated rings. The van der Waals surface area contributed by atoms with Crippen molar-refractivity contribution in [2.45, 2.75) is 18.6 Å². The van der Waals surface area contributed by atoms with Gasteiger partial charge in [-0.15, -0.1) is 0 Å². The molecular formula is C22H18ClNO2. The van der Waals surface area contributed by atoms with E-state index >= 15 is 0 Å². The molecule has 0 amide bonds. The van der Waals surface area contributed by atoms with Gasteiger partial charge in [0.15, 0.2) is 0 Å².